The lowest BCUT2D eigenvalue weighted by molar-refractivity contribution is -0.167. The number of aldehydes is 1. The van der Waals surface area contributed by atoms with E-state index in [0.29, 0.717) is 19.4 Å². The predicted molar refractivity (Wildman–Crippen MR) is 92.9 cm³/mol. The van der Waals surface area contributed by atoms with Gasteiger partial charge in [-0.25, -0.2) is 0 Å². The van der Waals surface area contributed by atoms with Crippen LogP contribution in [0.2, 0.25) is 0 Å². The summed E-state index contributed by atoms with van der Waals surface area (Å²) in [5.41, 5.74) is 0.439. The number of esters is 2. The molecule has 1 heterocycles. The topological polar surface area (TPSA) is 78.9 Å². The van der Waals surface area contributed by atoms with Crippen LogP contribution in [-0.2, 0) is 28.6 Å². The molecule has 1 saturated heterocycles. The first-order chi connectivity index (χ1) is 11.8. The highest BCUT2D eigenvalue weighted by molar-refractivity contribution is 5.66. The molecule has 6 heteroatoms. The molecule has 0 aromatic rings. The monoisotopic (exact) mass is 354 g/mol. The lowest BCUT2D eigenvalue weighted by Gasteiger charge is -2.35. The fraction of sp³-hybridized carbons (Fsp3) is 0.737. The van der Waals surface area contributed by atoms with Crippen molar-refractivity contribution in [1.29, 1.82) is 0 Å². The van der Waals surface area contributed by atoms with Crippen LogP contribution in [0.3, 0.4) is 0 Å². The second kappa shape index (κ2) is 10.3. The molecule has 0 saturated carbocycles. The van der Waals surface area contributed by atoms with Crippen LogP contribution in [0.5, 0.6) is 0 Å². The molecule has 0 radical (unpaired) electrons. The van der Waals surface area contributed by atoms with E-state index in [1.807, 2.05) is 19.9 Å². The Bertz CT molecular complexity index is 498. The Kier molecular flexibility index (Phi) is 8.83. The zero-order chi connectivity index (χ0) is 18.9. The highest BCUT2D eigenvalue weighted by Crippen LogP contribution is 2.33. The highest BCUT2D eigenvalue weighted by atomic mass is 16.6. The molecule has 3 atom stereocenters. The molecular weight excluding hydrogens is 324 g/mol. The number of hydrogen-bond acceptors (Lipinski definition) is 6. The third-order valence-corrected chi connectivity index (χ3v) is 4.53. The highest BCUT2D eigenvalue weighted by Gasteiger charge is 2.39. The largest absolute Gasteiger partial charge is 0.462 e. The summed E-state index contributed by atoms with van der Waals surface area (Å²) in [5, 5.41) is 0. The molecule has 1 rings (SSSR count). The standard InChI is InChI=1S/C19H30O6/c1-14(12-20)6-5-10-19(4)18(25-16(3)22)8-7-17(13-24-19)9-11-23-15(2)21/h9,12,14,18H,5-8,10-11,13H2,1-4H3/t14?,18-,19-/m0/s1. The maximum atomic E-state index is 11.5. The summed E-state index contributed by atoms with van der Waals surface area (Å²) < 4.78 is 16.6. The number of carbonyl (C=O) groups is 3. The van der Waals surface area contributed by atoms with Gasteiger partial charge in [0, 0.05) is 19.8 Å². The van der Waals surface area contributed by atoms with E-state index in [0.717, 1.165) is 31.1 Å². The van der Waals surface area contributed by atoms with E-state index < -0.39 is 5.60 Å². The molecule has 0 spiro atoms. The van der Waals surface area contributed by atoms with Crippen molar-refractivity contribution in [2.45, 2.75) is 71.5 Å². The molecule has 0 amide bonds. The van der Waals surface area contributed by atoms with Crippen molar-refractivity contribution >= 4 is 18.2 Å². The summed E-state index contributed by atoms with van der Waals surface area (Å²) in [6.45, 7) is 7.26. The Morgan fingerprint density at radius 1 is 1.36 bits per heavy atom. The van der Waals surface area contributed by atoms with Crippen LogP contribution in [0.15, 0.2) is 11.6 Å². The third kappa shape index (κ3) is 7.82. The number of carbonyl (C=O) groups excluding carboxylic acids is 3. The molecule has 1 aliphatic heterocycles. The van der Waals surface area contributed by atoms with Crippen molar-refractivity contribution in [1.82, 2.24) is 0 Å². The predicted octanol–water partition coefficient (Wildman–Crippen LogP) is 2.98. The molecule has 0 aromatic carbocycles. The summed E-state index contributed by atoms with van der Waals surface area (Å²) in [4.78, 5) is 33.1. The quantitative estimate of drug-likeness (QED) is 0.379. The van der Waals surface area contributed by atoms with E-state index in [2.05, 4.69) is 0 Å². The van der Waals surface area contributed by atoms with Gasteiger partial charge in [-0.3, -0.25) is 9.59 Å². The van der Waals surface area contributed by atoms with Crippen LogP contribution in [0.25, 0.3) is 0 Å². The van der Waals surface area contributed by atoms with Gasteiger partial charge in [0.25, 0.3) is 0 Å². The molecule has 0 bridgehead atoms. The van der Waals surface area contributed by atoms with E-state index in [9.17, 15) is 14.4 Å². The lowest BCUT2D eigenvalue weighted by Crippen LogP contribution is -2.43. The van der Waals surface area contributed by atoms with Gasteiger partial charge in [0.1, 0.15) is 24.6 Å². The molecule has 1 aliphatic rings. The maximum Gasteiger partial charge on any atom is 0.303 e. The van der Waals surface area contributed by atoms with Gasteiger partial charge in [-0.05, 0) is 50.7 Å². The third-order valence-electron chi connectivity index (χ3n) is 4.53. The van der Waals surface area contributed by atoms with Gasteiger partial charge in [0.05, 0.1) is 6.61 Å². The van der Waals surface area contributed by atoms with Crippen LogP contribution in [0.1, 0.15) is 59.8 Å². The van der Waals surface area contributed by atoms with Crippen LogP contribution in [0.4, 0.5) is 0 Å². The first-order valence-electron chi connectivity index (χ1n) is 8.84. The fourth-order valence-corrected chi connectivity index (χ4v) is 2.94. The Hall–Kier alpha value is -1.69. The molecule has 25 heavy (non-hydrogen) atoms. The van der Waals surface area contributed by atoms with E-state index in [1.165, 1.54) is 13.8 Å². The molecule has 6 nitrogen and oxygen atoms in total. The number of hydrogen-bond donors (Lipinski definition) is 0. The summed E-state index contributed by atoms with van der Waals surface area (Å²) in [6.07, 6.45) is 6.16. The van der Waals surface area contributed by atoms with E-state index in [-0.39, 0.29) is 30.6 Å². The van der Waals surface area contributed by atoms with Gasteiger partial charge in [0.15, 0.2) is 0 Å². The van der Waals surface area contributed by atoms with Crippen LogP contribution in [-0.4, -0.2) is 43.1 Å². The zero-order valence-electron chi connectivity index (χ0n) is 15.7. The average molecular weight is 354 g/mol. The Morgan fingerprint density at radius 2 is 2.08 bits per heavy atom. The first-order valence-corrected chi connectivity index (χ1v) is 8.84. The molecule has 0 aliphatic carbocycles. The number of ether oxygens (including phenoxy) is 3. The summed E-state index contributed by atoms with van der Waals surface area (Å²) in [5.74, 6) is -0.632. The van der Waals surface area contributed by atoms with E-state index >= 15 is 0 Å². The van der Waals surface area contributed by atoms with Crippen molar-refractivity contribution < 1.29 is 28.6 Å². The summed E-state index contributed by atoms with van der Waals surface area (Å²) >= 11 is 0. The first kappa shape index (κ1) is 21.4. The minimum Gasteiger partial charge on any atom is -0.462 e. The summed E-state index contributed by atoms with van der Waals surface area (Å²) in [6, 6.07) is 0. The summed E-state index contributed by atoms with van der Waals surface area (Å²) in [7, 11) is 0. The fourth-order valence-electron chi connectivity index (χ4n) is 2.94. The van der Waals surface area contributed by atoms with Crippen LogP contribution in [0, 0.1) is 5.92 Å². The average Bonchev–Trinajstić information content (AvgIpc) is 2.68. The van der Waals surface area contributed by atoms with Crippen molar-refractivity contribution in [3.05, 3.63) is 11.6 Å². The Morgan fingerprint density at radius 3 is 2.68 bits per heavy atom. The Labute approximate surface area is 149 Å². The van der Waals surface area contributed by atoms with Crippen molar-refractivity contribution in [2.24, 2.45) is 5.92 Å². The van der Waals surface area contributed by atoms with Crippen LogP contribution < -0.4 is 0 Å². The van der Waals surface area contributed by atoms with E-state index in [1.54, 1.807) is 0 Å². The molecule has 1 unspecified atom stereocenters. The van der Waals surface area contributed by atoms with Gasteiger partial charge in [0.2, 0.25) is 0 Å². The lowest BCUT2D eigenvalue weighted by atomic mass is 9.88. The second-order valence-corrected chi connectivity index (χ2v) is 6.91. The van der Waals surface area contributed by atoms with Gasteiger partial charge >= 0.3 is 11.9 Å². The normalized spacial score (nSPS) is 26.6. The molecule has 0 N–H and O–H groups in total. The minimum atomic E-state index is -0.592. The zero-order valence-corrected chi connectivity index (χ0v) is 15.7. The van der Waals surface area contributed by atoms with E-state index in [4.69, 9.17) is 14.2 Å². The minimum absolute atomic E-state index is 0.0146. The van der Waals surface area contributed by atoms with Gasteiger partial charge in [-0.1, -0.05) is 6.92 Å². The van der Waals surface area contributed by atoms with Gasteiger partial charge in [-0.2, -0.15) is 0 Å². The SMILES string of the molecule is CC(=O)OCC=C1CC[C@H](OC(C)=O)[C@](C)(CCCC(C)C=O)OC1. The number of rotatable bonds is 8. The maximum absolute atomic E-state index is 11.5. The molecule has 0 aromatic heterocycles. The molecule has 1 fully saturated rings. The van der Waals surface area contributed by atoms with Gasteiger partial charge < -0.3 is 19.0 Å². The second-order valence-electron chi connectivity index (χ2n) is 6.91. The van der Waals surface area contributed by atoms with Crippen molar-refractivity contribution in [3.63, 3.8) is 0 Å². The molecular formula is C19H30O6. The van der Waals surface area contributed by atoms with Crippen LogP contribution >= 0.6 is 0 Å². The smallest absolute Gasteiger partial charge is 0.303 e. The van der Waals surface area contributed by atoms with Crippen molar-refractivity contribution in [2.75, 3.05) is 13.2 Å². The Balaban J connectivity index is 2.75. The van der Waals surface area contributed by atoms with Crippen molar-refractivity contribution in [3.8, 4) is 0 Å². The van der Waals surface area contributed by atoms with Gasteiger partial charge in [-0.15, -0.1) is 0 Å². The molecule has 142 valence electrons.